The van der Waals surface area contributed by atoms with Crippen LogP contribution < -0.4 is 14.4 Å². The third kappa shape index (κ3) is 9.24. The van der Waals surface area contributed by atoms with E-state index in [0.717, 1.165) is 101 Å². The van der Waals surface area contributed by atoms with Crippen LogP contribution in [0.15, 0.2) is 78.9 Å². The molecule has 0 radical (unpaired) electrons. The lowest BCUT2D eigenvalue weighted by atomic mass is 9.63. The van der Waals surface area contributed by atoms with Gasteiger partial charge in [0.15, 0.2) is 0 Å². The van der Waals surface area contributed by atoms with Gasteiger partial charge in [0.1, 0.15) is 11.4 Å². The maximum atomic E-state index is 13.8. The Morgan fingerprint density at radius 1 is 0.984 bits per heavy atom. The van der Waals surface area contributed by atoms with Gasteiger partial charge in [-0.05, 0) is 123 Å². The molecule has 2 amide bonds. The molecule has 13 heteroatoms. The summed E-state index contributed by atoms with van der Waals surface area (Å²) in [6.07, 6.45) is 12.2. The van der Waals surface area contributed by atoms with Crippen molar-refractivity contribution in [1.82, 2.24) is 19.4 Å². The van der Waals surface area contributed by atoms with E-state index in [1.165, 1.54) is 16.7 Å². The molecule has 6 aliphatic rings. The third-order valence-corrected chi connectivity index (χ3v) is 18.1. The number of piperazine rings is 2. The number of benzene rings is 3. The molecule has 3 aromatic rings. The monoisotopic (exact) mass is 911 g/mol. The van der Waals surface area contributed by atoms with Gasteiger partial charge in [0.25, 0.3) is 5.91 Å². The lowest BCUT2D eigenvalue weighted by molar-refractivity contribution is -0.136. The number of anilines is 1. The molecule has 4 aliphatic heterocycles. The summed E-state index contributed by atoms with van der Waals surface area (Å²) >= 11 is 6.55. The van der Waals surface area contributed by atoms with E-state index in [0.29, 0.717) is 43.9 Å². The van der Waals surface area contributed by atoms with Crippen molar-refractivity contribution in [3.8, 4) is 5.75 Å². The van der Waals surface area contributed by atoms with Gasteiger partial charge in [-0.3, -0.25) is 19.4 Å². The summed E-state index contributed by atoms with van der Waals surface area (Å²) in [7, 11) is -2.16. The second-order valence-electron chi connectivity index (χ2n) is 19.8. The first kappa shape index (κ1) is 45.2. The molecule has 0 aromatic heterocycles. The number of hydrogen-bond donors (Lipinski definition) is 1. The minimum absolute atomic E-state index is 0.192. The standard InChI is InChI=1S/C51H66ClN5O6S/c1-36-10-8-23-51(62-3,34-54-24-25-55-26-27-56(32-43(55)31-54)48(58)15-7-13-38-11-5-4-6-12-38)45-19-16-41(45)30-57-33-50(22-9-14-39-28-42(52)18-20-44(39)50)35-63-47-21-17-40(29-46(47)57)49(59)53-64(60,61)37(36)2/h4-6,8,11-12,17-18,20-21,23,28-29,36-37,41,43,45H,7,9-10,13-16,19,22,24-27,30-35H2,1-3H3,(H,53,59)/b23-8+/t36-,37+,41-,43+,45+,50-,51+/m0/s1. The van der Waals surface area contributed by atoms with E-state index in [2.05, 4.69) is 72.9 Å². The number of fused-ring (bicyclic) bond motifs is 5. The number of carbonyl (C=O) groups excluding carboxylic acids is 2. The Bertz CT molecular complexity index is 2330. The number of methoxy groups -OCH3 is 1. The van der Waals surface area contributed by atoms with E-state index in [1.807, 2.05) is 38.3 Å². The van der Waals surface area contributed by atoms with E-state index in [-0.39, 0.29) is 35.1 Å². The number of nitrogens with zero attached hydrogens (tertiary/aromatic N) is 4. The van der Waals surface area contributed by atoms with Crippen LogP contribution in [-0.4, -0.2) is 124 Å². The molecule has 7 atom stereocenters. The predicted molar refractivity (Wildman–Crippen MR) is 253 cm³/mol. The van der Waals surface area contributed by atoms with Crippen LogP contribution in [0.2, 0.25) is 5.02 Å². The fraction of sp³-hybridized carbons (Fsp3) is 0.569. The van der Waals surface area contributed by atoms with Gasteiger partial charge in [-0.25, -0.2) is 13.1 Å². The van der Waals surface area contributed by atoms with Crippen molar-refractivity contribution < 1.29 is 27.5 Å². The minimum atomic E-state index is -4.00. The first-order valence-electron chi connectivity index (χ1n) is 23.7. The number of allylic oxidation sites excluding steroid dienone is 1. The lowest BCUT2D eigenvalue weighted by Gasteiger charge is -2.53. The van der Waals surface area contributed by atoms with E-state index in [4.69, 9.17) is 21.1 Å². The molecule has 3 aromatic carbocycles. The van der Waals surface area contributed by atoms with Gasteiger partial charge in [-0.2, -0.15) is 0 Å². The average molecular weight is 913 g/mol. The Morgan fingerprint density at radius 3 is 2.61 bits per heavy atom. The molecule has 64 heavy (non-hydrogen) atoms. The summed E-state index contributed by atoms with van der Waals surface area (Å²) in [6.45, 7) is 11.3. The first-order chi connectivity index (χ1) is 30.8. The number of sulfonamides is 1. The van der Waals surface area contributed by atoms with Gasteiger partial charge in [0, 0.05) is 94.5 Å². The van der Waals surface area contributed by atoms with Crippen molar-refractivity contribution in [3.05, 3.63) is 106 Å². The maximum Gasteiger partial charge on any atom is 0.264 e. The zero-order chi connectivity index (χ0) is 44.6. The Balaban J connectivity index is 0.999. The number of halogens is 1. The third-order valence-electron chi connectivity index (χ3n) is 15.9. The van der Waals surface area contributed by atoms with E-state index in [1.54, 1.807) is 13.0 Å². The summed E-state index contributed by atoms with van der Waals surface area (Å²) in [5.41, 5.74) is 3.98. The quantitative estimate of drug-likeness (QED) is 0.248. The number of rotatable bonds is 7. The van der Waals surface area contributed by atoms with Gasteiger partial charge >= 0.3 is 0 Å². The van der Waals surface area contributed by atoms with Crippen LogP contribution in [0.5, 0.6) is 5.75 Å². The molecule has 3 fully saturated rings. The molecule has 1 saturated carbocycles. The zero-order valence-corrected chi connectivity index (χ0v) is 39.4. The van der Waals surface area contributed by atoms with Gasteiger partial charge < -0.3 is 19.3 Å². The lowest BCUT2D eigenvalue weighted by Crippen LogP contribution is -2.65. The van der Waals surface area contributed by atoms with E-state index < -0.39 is 26.8 Å². The van der Waals surface area contributed by atoms with Crippen LogP contribution in [0.1, 0.15) is 85.8 Å². The molecule has 2 aliphatic carbocycles. The summed E-state index contributed by atoms with van der Waals surface area (Å²) in [5, 5.41) is -0.0781. The molecular formula is C51H66ClN5O6S. The SMILES string of the molecule is CO[C@@]1(CN2CCN3CCN(C(=O)CCCc4ccccc4)C[C@H]3C2)/C=C/C[C@H](C)[C@@H](C)S(=O)(=O)NC(=O)c2ccc3c(c2)N(C[C@@H]2CC[C@H]21)C[C@@]1(CCCc2cc(Cl)ccc21)CO3. The predicted octanol–water partition coefficient (Wildman–Crippen LogP) is 7.12. The number of aryl methyl sites for hydroxylation is 2. The molecule has 9 rings (SSSR count). The Hall–Kier alpha value is -3.94. The fourth-order valence-electron chi connectivity index (χ4n) is 11.8. The summed E-state index contributed by atoms with van der Waals surface area (Å²) in [5.74, 6) is 0.529. The highest BCUT2D eigenvalue weighted by Gasteiger charge is 2.50. The number of nitrogens with one attached hydrogen (secondary N) is 1. The van der Waals surface area contributed by atoms with Gasteiger partial charge in [-0.1, -0.05) is 67.1 Å². The van der Waals surface area contributed by atoms with Crippen LogP contribution in [0.3, 0.4) is 0 Å². The molecule has 2 bridgehead atoms. The number of ether oxygens (including phenoxy) is 2. The maximum absolute atomic E-state index is 13.8. The summed E-state index contributed by atoms with van der Waals surface area (Å²) in [4.78, 5) is 37.0. The van der Waals surface area contributed by atoms with Gasteiger partial charge in [0.05, 0.1) is 17.5 Å². The summed E-state index contributed by atoms with van der Waals surface area (Å²) in [6, 6.07) is 22.3. The molecule has 1 spiro atoms. The van der Waals surface area contributed by atoms with Crippen molar-refractivity contribution in [2.24, 2.45) is 17.8 Å². The minimum Gasteiger partial charge on any atom is -0.490 e. The van der Waals surface area contributed by atoms with E-state index in [9.17, 15) is 18.0 Å². The van der Waals surface area contributed by atoms with Crippen LogP contribution in [0.4, 0.5) is 5.69 Å². The highest BCUT2D eigenvalue weighted by atomic mass is 35.5. The first-order valence-corrected chi connectivity index (χ1v) is 25.7. The van der Waals surface area contributed by atoms with Crippen LogP contribution in [0.25, 0.3) is 0 Å². The zero-order valence-electron chi connectivity index (χ0n) is 37.9. The van der Waals surface area contributed by atoms with Gasteiger partial charge in [-0.15, -0.1) is 0 Å². The molecular weight excluding hydrogens is 846 g/mol. The number of hydrogen-bond acceptors (Lipinski definition) is 9. The van der Waals surface area contributed by atoms with Crippen LogP contribution in [-0.2, 0) is 37.8 Å². The van der Waals surface area contributed by atoms with Crippen LogP contribution in [0, 0.1) is 17.8 Å². The Labute approximate surface area is 385 Å². The van der Waals surface area contributed by atoms with Crippen molar-refractivity contribution >= 4 is 39.1 Å². The Morgan fingerprint density at radius 2 is 1.81 bits per heavy atom. The highest BCUT2D eigenvalue weighted by molar-refractivity contribution is 7.90. The normalized spacial score (nSPS) is 31.3. The molecule has 344 valence electrons. The molecule has 11 nitrogen and oxygen atoms in total. The van der Waals surface area contributed by atoms with Crippen molar-refractivity contribution in [1.29, 1.82) is 0 Å². The largest absolute Gasteiger partial charge is 0.490 e. The Kier molecular flexibility index (Phi) is 13.2. The fourth-order valence-corrected chi connectivity index (χ4v) is 13.3. The second kappa shape index (κ2) is 18.7. The molecule has 4 heterocycles. The second-order valence-corrected chi connectivity index (χ2v) is 22.3. The summed E-state index contributed by atoms with van der Waals surface area (Å²) < 4.78 is 43.6. The molecule has 1 N–H and O–H groups in total. The van der Waals surface area contributed by atoms with E-state index >= 15 is 0 Å². The van der Waals surface area contributed by atoms with Crippen molar-refractivity contribution in [3.63, 3.8) is 0 Å². The van der Waals surface area contributed by atoms with Crippen molar-refractivity contribution in [2.45, 2.75) is 93.9 Å². The van der Waals surface area contributed by atoms with Crippen molar-refractivity contribution in [2.75, 3.05) is 77.5 Å². The average Bonchev–Trinajstić information content (AvgIpc) is 3.43. The number of amides is 2. The van der Waals surface area contributed by atoms with Crippen LogP contribution >= 0.6 is 11.6 Å². The van der Waals surface area contributed by atoms with Gasteiger partial charge in [0.2, 0.25) is 15.9 Å². The number of carbonyl (C=O) groups is 2. The topological polar surface area (TPSA) is 112 Å². The molecule has 2 saturated heterocycles. The highest BCUT2D eigenvalue weighted by Crippen LogP contribution is 2.49. The smallest absolute Gasteiger partial charge is 0.264 e. The molecule has 0 unspecified atom stereocenters.